The SMILES string of the molecule is CC(C)OC(=O)COc1ccc(F)cc1[C@H](C)N. The molecule has 1 aromatic rings. The Morgan fingerprint density at radius 1 is 1.39 bits per heavy atom. The van der Waals surface area contributed by atoms with Crippen LogP contribution in [0.3, 0.4) is 0 Å². The van der Waals surface area contributed by atoms with E-state index in [2.05, 4.69) is 0 Å². The van der Waals surface area contributed by atoms with Gasteiger partial charge in [0, 0.05) is 11.6 Å². The zero-order chi connectivity index (χ0) is 13.7. The summed E-state index contributed by atoms with van der Waals surface area (Å²) in [7, 11) is 0. The van der Waals surface area contributed by atoms with E-state index in [1.165, 1.54) is 18.2 Å². The summed E-state index contributed by atoms with van der Waals surface area (Å²) in [4.78, 5) is 11.3. The maximum Gasteiger partial charge on any atom is 0.344 e. The Morgan fingerprint density at radius 3 is 2.61 bits per heavy atom. The molecule has 4 nitrogen and oxygen atoms in total. The highest BCUT2D eigenvalue weighted by Gasteiger charge is 2.12. The van der Waals surface area contributed by atoms with Crippen molar-refractivity contribution in [2.24, 2.45) is 5.73 Å². The van der Waals surface area contributed by atoms with E-state index < -0.39 is 5.97 Å². The summed E-state index contributed by atoms with van der Waals surface area (Å²) < 4.78 is 23.3. The number of benzene rings is 1. The summed E-state index contributed by atoms with van der Waals surface area (Å²) in [6.07, 6.45) is -0.192. The lowest BCUT2D eigenvalue weighted by molar-refractivity contribution is -0.149. The molecule has 0 heterocycles. The zero-order valence-corrected chi connectivity index (χ0v) is 10.8. The molecule has 0 aliphatic rings. The van der Waals surface area contributed by atoms with Gasteiger partial charge in [0.05, 0.1) is 6.10 Å². The molecule has 0 saturated heterocycles. The van der Waals surface area contributed by atoms with E-state index in [9.17, 15) is 9.18 Å². The number of hydrogen-bond acceptors (Lipinski definition) is 4. The quantitative estimate of drug-likeness (QED) is 0.819. The Balaban J connectivity index is 2.70. The molecular formula is C13H18FNO3. The first-order valence-electron chi connectivity index (χ1n) is 5.77. The molecule has 0 bridgehead atoms. The molecule has 100 valence electrons. The molecule has 2 N–H and O–H groups in total. The minimum absolute atomic E-state index is 0.192. The summed E-state index contributed by atoms with van der Waals surface area (Å²) in [6.45, 7) is 5.00. The molecule has 5 heteroatoms. The van der Waals surface area contributed by atoms with Gasteiger partial charge in [-0.25, -0.2) is 9.18 Å². The fourth-order valence-corrected chi connectivity index (χ4v) is 1.44. The maximum absolute atomic E-state index is 13.1. The van der Waals surface area contributed by atoms with Crippen molar-refractivity contribution < 1.29 is 18.7 Å². The Bertz CT molecular complexity index is 419. The first-order valence-corrected chi connectivity index (χ1v) is 5.77. The highest BCUT2D eigenvalue weighted by Crippen LogP contribution is 2.24. The molecule has 1 atom stereocenters. The van der Waals surface area contributed by atoms with Crippen LogP contribution < -0.4 is 10.5 Å². The fourth-order valence-electron chi connectivity index (χ4n) is 1.44. The fraction of sp³-hybridized carbons (Fsp3) is 0.462. The molecule has 0 spiro atoms. The second-order valence-corrected chi connectivity index (χ2v) is 4.30. The lowest BCUT2D eigenvalue weighted by atomic mass is 10.1. The smallest absolute Gasteiger partial charge is 0.344 e. The van der Waals surface area contributed by atoms with Crippen molar-refractivity contribution in [2.45, 2.75) is 32.9 Å². The highest BCUT2D eigenvalue weighted by atomic mass is 19.1. The molecule has 18 heavy (non-hydrogen) atoms. The third-order valence-corrected chi connectivity index (χ3v) is 2.18. The Hall–Kier alpha value is -1.62. The van der Waals surface area contributed by atoms with Gasteiger partial charge in [-0.15, -0.1) is 0 Å². The summed E-state index contributed by atoms with van der Waals surface area (Å²) in [5.74, 6) is -0.462. The van der Waals surface area contributed by atoms with Gasteiger partial charge in [0.15, 0.2) is 6.61 Å². The number of carbonyl (C=O) groups is 1. The number of ether oxygens (including phenoxy) is 2. The van der Waals surface area contributed by atoms with Crippen LogP contribution in [0.15, 0.2) is 18.2 Å². The summed E-state index contributed by atoms with van der Waals surface area (Å²) in [5.41, 5.74) is 6.23. The molecule has 1 rings (SSSR count). The molecule has 0 aromatic heterocycles. The van der Waals surface area contributed by atoms with E-state index in [0.717, 1.165) is 0 Å². The van der Waals surface area contributed by atoms with Gasteiger partial charge in [-0.2, -0.15) is 0 Å². The first-order chi connectivity index (χ1) is 8.40. The van der Waals surface area contributed by atoms with Crippen LogP contribution in [0.5, 0.6) is 5.75 Å². The van der Waals surface area contributed by atoms with Gasteiger partial charge in [-0.05, 0) is 39.0 Å². The summed E-state index contributed by atoms with van der Waals surface area (Å²) in [5, 5.41) is 0. The van der Waals surface area contributed by atoms with Crippen molar-refractivity contribution in [3.63, 3.8) is 0 Å². The van der Waals surface area contributed by atoms with Gasteiger partial charge >= 0.3 is 5.97 Å². The van der Waals surface area contributed by atoms with E-state index in [1.54, 1.807) is 20.8 Å². The van der Waals surface area contributed by atoms with Gasteiger partial charge in [0.2, 0.25) is 0 Å². The largest absolute Gasteiger partial charge is 0.482 e. The number of hydrogen-bond donors (Lipinski definition) is 1. The second-order valence-electron chi connectivity index (χ2n) is 4.30. The van der Waals surface area contributed by atoms with E-state index in [-0.39, 0.29) is 24.6 Å². The molecular weight excluding hydrogens is 237 g/mol. The third kappa shape index (κ3) is 4.33. The van der Waals surface area contributed by atoms with Crippen molar-refractivity contribution in [2.75, 3.05) is 6.61 Å². The second kappa shape index (κ2) is 6.35. The molecule has 0 radical (unpaired) electrons. The van der Waals surface area contributed by atoms with Crippen LogP contribution in [0.1, 0.15) is 32.4 Å². The monoisotopic (exact) mass is 255 g/mol. The number of rotatable bonds is 5. The van der Waals surface area contributed by atoms with Crippen molar-refractivity contribution >= 4 is 5.97 Å². The van der Waals surface area contributed by atoms with Gasteiger partial charge in [0.1, 0.15) is 11.6 Å². The third-order valence-electron chi connectivity index (χ3n) is 2.18. The van der Waals surface area contributed by atoms with Crippen molar-refractivity contribution in [1.29, 1.82) is 0 Å². The van der Waals surface area contributed by atoms with Crippen molar-refractivity contribution in [1.82, 2.24) is 0 Å². The van der Waals surface area contributed by atoms with Gasteiger partial charge in [0.25, 0.3) is 0 Å². The zero-order valence-electron chi connectivity index (χ0n) is 10.8. The summed E-state index contributed by atoms with van der Waals surface area (Å²) in [6, 6.07) is 3.64. The highest BCUT2D eigenvalue weighted by molar-refractivity contribution is 5.71. The average molecular weight is 255 g/mol. The van der Waals surface area contributed by atoms with Gasteiger partial charge in [-0.3, -0.25) is 0 Å². The number of halogens is 1. The number of carbonyl (C=O) groups excluding carboxylic acids is 1. The molecule has 0 saturated carbocycles. The normalized spacial score (nSPS) is 12.3. The van der Waals surface area contributed by atoms with Gasteiger partial charge < -0.3 is 15.2 Å². The molecule has 0 fully saturated rings. The molecule has 0 aliphatic heterocycles. The predicted octanol–water partition coefficient (Wildman–Crippen LogP) is 2.18. The van der Waals surface area contributed by atoms with Crippen molar-refractivity contribution in [3.05, 3.63) is 29.6 Å². The first kappa shape index (κ1) is 14.4. The molecule has 1 aromatic carbocycles. The predicted molar refractivity (Wildman–Crippen MR) is 65.7 cm³/mol. The van der Waals surface area contributed by atoms with Crippen LogP contribution >= 0.6 is 0 Å². The van der Waals surface area contributed by atoms with E-state index in [0.29, 0.717) is 11.3 Å². The standard InChI is InChI=1S/C13H18FNO3/c1-8(2)18-13(16)7-17-12-5-4-10(14)6-11(12)9(3)15/h4-6,8-9H,7,15H2,1-3H3/t9-/m0/s1. The minimum Gasteiger partial charge on any atom is -0.482 e. The Kier molecular flexibility index (Phi) is 5.09. The van der Waals surface area contributed by atoms with Crippen LogP contribution in [0.2, 0.25) is 0 Å². The topological polar surface area (TPSA) is 61.5 Å². The Labute approximate surface area is 106 Å². The van der Waals surface area contributed by atoms with Crippen LogP contribution in [0.25, 0.3) is 0 Å². The Morgan fingerprint density at radius 2 is 2.06 bits per heavy atom. The van der Waals surface area contributed by atoms with E-state index >= 15 is 0 Å². The van der Waals surface area contributed by atoms with Crippen LogP contribution in [0, 0.1) is 5.82 Å². The van der Waals surface area contributed by atoms with E-state index in [4.69, 9.17) is 15.2 Å². The van der Waals surface area contributed by atoms with Crippen LogP contribution in [0.4, 0.5) is 4.39 Å². The lowest BCUT2D eigenvalue weighted by Crippen LogP contribution is -2.19. The average Bonchev–Trinajstić information content (AvgIpc) is 2.26. The molecule has 0 amide bonds. The van der Waals surface area contributed by atoms with E-state index in [1.807, 2.05) is 0 Å². The minimum atomic E-state index is -0.468. The van der Waals surface area contributed by atoms with Crippen molar-refractivity contribution in [3.8, 4) is 5.75 Å². The molecule has 0 unspecified atom stereocenters. The van der Waals surface area contributed by atoms with Crippen LogP contribution in [-0.2, 0) is 9.53 Å². The lowest BCUT2D eigenvalue weighted by Gasteiger charge is -2.14. The number of esters is 1. The molecule has 0 aliphatic carbocycles. The number of nitrogens with two attached hydrogens (primary N) is 1. The maximum atomic E-state index is 13.1. The summed E-state index contributed by atoms with van der Waals surface area (Å²) >= 11 is 0. The van der Waals surface area contributed by atoms with Crippen LogP contribution in [-0.4, -0.2) is 18.7 Å². The van der Waals surface area contributed by atoms with Gasteiger partial charge in [-0.1, -0.05) is 0 Å².